The number of rotatable bonds is 7. The summed E-state index contributed by atoms with van der Waals surface area (Å²) in [5, 5.41) is 8.46. The van der Waals surface area contributed by atoms with E-state index in [4.69, 9.17) is 16.3 Å². The Labute approximate surface area is 171 Å². The third-order valence-electron chi connectivity index (χ3n) is 3.73. The van der Waals surface area contributed by atoms with Crippen molar-refractivity contribution in [3.05, 3.63) is 64.5 Å². The van der Waals surface area contributed by atoms with Gasteiger partial charge in [-0.2, -0.15) is 0 Å². The Bertz CT molecular complexity index is 956. The first-order valence-electron chi connectivity index (χ1n) is 8.47. The second kappa shape index (κ2) is 9.34. The fourth-order valence-electron chi connectivity index (χ4n) is 2.32. The van der Waals surface area contributed by atoms with Crippen LogP contribution in [0.3, 0.4) is 0 Å². The van der Waals surface area contributed by atoms with Gasteiger partial charge in [-0.1, -0.05) is 35.9 Å². The van der Waals surface area contributed by atoms with Crippen molar-refractivity contribution in [2.24, 2.45) is 0 Å². The van der Waals surface area contributed by atoms with E-state index in [-0.39, 0.29) is 18.4 Å². The molecule has 0 aliphatic rings. The van der Waals surface area contributed by atoms with Crippen LogP contribution in [0.15, 0.2) is 53.9 Å². The molecule has 0 atom stereocenters. The Balaban J connectivity index is 1.53. The summed E-state index contributed by atoms with van der Waals surface area (Å²) >= 11 is 7.15. The van der Waals surface area contributed by atoms with E-state index in [9.17, 15) is 9.59 Å². The highest BCUT2D eigenvalue weighted by Crippen LogP contribution is 2.25. The van der Waals surface area contributed by atoms with Gasteiger partial charge < -0.3 is 10.1 Å². The number of aromatic nitrogens is 1. The van der Waals surface area contributed by atoms with E-state index in [2.05, 4.69) is 15.6 Å². The van der Waals surface area contributed by atoms with Gasteiger partial charge in [0, 0.05) is 29.4 Å². The molecule has 8 heteroatoms. The van der Waals surface area contributed by atoms with E-state index in [0.29, 0.717) is 22.4 Å². The van der Waals surface area contributed by atoms with Gasteiger partial charge in [0.15, 0.2) is 11.7 Å². The van der Waals surface area contributed by atoms with E-state index in [1.54, 1.807) is 24.3 Å². The monoisotopic (exact) mass is 415 g/mol. The largest absolute Gasteiger partial charge is 0.484 e. The van der Waals surface area contributed by atoms with E-state index in [0.717, 1.165) is 16.8 Å². The first-order valence-corrected chi connectivity index (χ1v) is 9.73. The lowest BCUT2D eigenvalue weighted by Gasteiger charge is -2.05. The van der Waals surface area contributed by atoms with Gasteiger partial charge in [-0.3, -0.25) is 14.9 Å². The van der Waals surface area contributed by atoms with E-state index < -0.39 is 0 Å². The number of carbonyl (C=O) groups is 2. The summed E-state index contributed by atoms with van der Waals surface area (Å²) in [6, 6.07) is 14.5. The number of nitrogens with zero attached hydrogens (tertiary/aromatic N) is 1. The first-order chi connectivity index (χ1) is 13.5. The van der Waals surface area contributed by atoms with Crippen LogP contribution < -0.4 is 15.4 Å². The minimum atomic E-state index is -0.290. The molecule has 0 saturated carbocycles. The van der Waals surface area contributed by atoms with E-state index in [1.165, 1.54) is 18.3 Å². The van der Waals surface area contributed by atoms with Crippen LogP contribution in [0.5, 0.6) is 5.75 Å². The molecule has 0 aliphatic heterocycles. The zero-order valence-electron chi connectivity index (χ0n) is 15.1. The molecule has 2 amide bonds. The van der Waals surface area contributed by atoms with Crippen LogP contribution in [0.25, 0.3) is 11.3 Å². The molecule has 0 aliphatic carbocycles. The Morgan fingerprint density at radius 2 is 1.82 bits per heavy atom. The highest BCUT2D eigenvalue weighted by Gasteiger charge is 2.09. The number of thiazole rings is 1. The topological polar surface area (TPSA) is 80.3 Å². The number of anilines is 1. The lowest BCUT2D eigenvalue weighted by Crippen LogP contribution is -2.20. The Morgan fingerprint density at radius 1 is 1.11 bits per heavy atom. The average Bonchev–Trinajstić information content (AvgIpc) is 3.14. The standard InChI is InChI=1S/C20H18ClN3O3S/c1-13(25)22-10-14-2-4-15(5-3-14)18-12-28-20(23-18)24-19(26)11-27-17-8-6-16(21)7-9-17/h2-9,12H,10-11H2,1H3,(H,22,25)(H,23,24,26). The number of amides is 2. The van der Waals surface area contributed by atoms with Crippen LogP contribution in [0.4, 0.5) is 5.13 Å². The summed E-state index contributed by atoms with van der Waals surface area (Å²) in [5.74, 6) is 0.212. The van der Waals surface area contributed by atoms with Gasteiger partial charge in [-0.05, 0) is 29.8 Å². The molecule has 1 aromatic heterocycles. The molecule has 0 saturated heterocycles. The zero-order chi connectivity index (χ0) is 19.9. The fourth-order valence-corrected chi connectivity index (χ4v) is 3.18. The Hall–Kier alpha value is -2.90. The summed E-state index contributed by atoms with van der Waals surface area (Å²) in [6.07, 6.45) is 0. The Kier molecular flexibility index (Phi) is 6.62. The van der Waals surface area contributed by atoms with E-state index in [1.807, 2.05) is 29.6 Å². The highest BCUT2D eigenvalue weighted by molar-refractivity contribution is 7.14. The van der Waals surface area contributed by atoms with Crippen LogP contribution in [-0.2, 0) is 16.1 Å². The van der Waals surface area contributed by atoms with Crippen LogP contribution in [0, 0.1) is 0 Å². The predicted molar refractivity (Wildman–Crippen MR) is 111 cm³/mol. The summed E-state index contributed by atoms with van der Waals surface area (Å²) < 4.78 is 5.42. The molecule has 28 heavy (non-hydrogen) atoms. The molecule has 3 rings (SSSR count). The minimum absolute atomic E-state index is 0.0657. The van der Waals surface area contributed by atoms with Gasteiger partial charge in [0.25, 0.3) is 5.91 Å². The van der Waals surface area contributed by atoms with Crippen molar-refractivity contribution in [1.29, 1.82) is 0 Å². The zero-order valence-corrected chi connectivity index (χ0v) is 16.6. The molecule has 144 valence electrons. The van der Waals surface area contributed by atoms with Crippen molar-refractivity contribution >= 4 is 39.9 Å². The number of benzene rings is 2. The summed E-state index contributed by atoms with van der Waals surface area (Å²) in [5.41, 5.74) is 2.70. The first kappa shape index (κ1) is 19.9. The molecule has 0 fully saturated rings. The fraction of sp³-hybridized carbons (Fsp3) is 0.150. The third-order valence-corrected chi connectivity index (χ3v) is 4.73. The SMILES string of the molecule is CC(=O)NCc1ccc(-c2csc(NC(=O)COc3ccc(Cl)cc3)n2)cc1. The van der Waals surface area contributed by atoms with Gasteiger partial charge in [0.1, 0.15) is 5.75 Å². The summed E-state index contributed by atoms with van der Waals surface area (Å²) in [7, 11) is 0. The molecule has 0 bridgehead atoms. The van der Waals surface area contributed by atoms with Crippen molar-refractivity contribution < 1.29 is 14.3 Å². The molecule has 0 spiro atoms. The molecule has 0 radical (unpaired) electrons. The maximum atomic E-state index is 12.0. The number of hydrogen-bond donors (Lipinski definition) is 2. The average molecular weight is 416 g/mol. The molecule has 2 N–H and O–H groups in total. The number of halogens is 1. The van der Waals surface area contributed by atoms with Crippen molar-refractivity contribution in [3.8, 4) is 17.0 Å². The number of hydrogen-bond acceptors (Lipinski definition) is 5. The van der Waals surface area contributed by atoms with E-state index >= 15 is 0 Å². The van der Waals surface area contributed by atoms with Crippen LogP contribution >= 0.6 is 22.9 Å². The minimum Gasteiger partial charge on any atom is -0.484 e. The normalized spacial score (nSPS) is 10.4. The van der Waals surface area contributed by atoms with Gasteiger partial charge >= 0.3 is 0 Å². The predicted octanol–water partition coefficient (Wildman–Crippen LogP) is 4.12. The highest BCUT2D eigenvalue weighted by atomic mass is 35.5. The maximum absolute atomic E-state index is 12.0. The molecular formula is C20H18ClN3O3S. The quantitative estimate of drug-likeness (QED) is 0.608. The van der Waals surface area contributed by atoms with Crippen LogP contribution in [0.2, 0.25) is 5.02 Å². The number of nitrogens with one attached hydrogen (secondary N) is 2. The third kappa shape index (κ3) is 5.80. The molecule has 6 nitrogen and oxygen atoms in total. The van der Waals surface area contributed by atoms with Crippen LogP contribution in [0.1, 0.15) is 12.5 Å². The van der Waals surface area contributed by atoms with Crippen molar-refractivity contribution in [2.75, 3.05) is 11.9 Å². The van der Waals surface area contributed by atoms with Gasteiger partial charge in [-0.15, -0.1) is 11.3 Å². The molecule has 3 aromatic rings. The molecule has 2 aromatic carbocycles. The lowest BCUT2D eigenvalue weighted by molar-refractivity contribution is -0.119. The van der Waals surface area contributed by atoms with Crippen molar-refractivity contribution in [1.82, 2.24) is 10.3 Å². The second-order valence-electron chi connectivity index (χ2n) is 5.94. The van der Waals surface area contributed by atoms with Crippen LogP contribution in [-0.4, -0.2) is 23.4 Å². The van der Waals surface area contributed by atoms with Crippen molar-refractivity contribution in [2.45, 2.75) is 13.5 Å². The molecule has 0 unspecified atom stereocenters. The number of ether oxygens (including phenoxy) is 1. The molecular weight excluding hydrogens is 398 g/mol. The van der Waals surface area contributed by atoms with Gasteiger partial charge in [0.05, 0.1) is 5.69 Å². The van der Waals surface area contributed by atoms with Crippen molar-refractivity contribution in [3.63, 3.8) is 0 Å². The summed E-state index contributed by atoms with van der Waals surface area (Å²) in [6.45, 7) is 1.86. The Morgan fingerprint density at radius 3 is 2.50 bits per heavy atom. The molecule has 1 heterocycles. The van der Waals surface area contributed by atoms with Gasteiger partial charge in [0.2, 0.25) is 5.91 Å². The lowest BCUT2D eigenvalue weighted by atomic mass is 10.1. The maximum Gasteiger partial charge on any atom is 0.264 e. The second-order valence-corrected chi connectivity index (χ2v) is 7.23. The number of carbonyl (C=O) groups excluding carboxylic acids is 2. The van der Waals surface area contributed by atoms with Gasteiger partial charge in [-0.25, -0.2) is 4.98 Å². The smallest absolute Gasteiger partial charge is 0.264 e. The summed E-state index contributed by atoms with van der Waals surface area (Å²) in [4.78, 5) is 27.4.